The second-order valence-corrected chi connectivity index (χ2v) is 3.31. The van der Waals surface area contributed by atoms with Gasteiger partial charge in [-0.05, 0) is 31.0 Å². The molecule has 2 rings (SSSR count). The lowest BCUT2D eigenvalue weighted by Crippen LogP contribution is -2.01. The molecule has 0 amide bonds. The largest absolute Gasteiger partial charge is 0.398 e. The van der Waals surface area contributed by atoms with Gasteiger partial charge in [0.1, 0.15) is 12.7 Å². The van der Waals surface area contributed by atoms with E-state index in [1.165, 1.54) is 0 Å². The highest BCUT2D eigenvalue weighted by molar-refractivity contribution is 5.60. The maximum Gasteiger partial charge on any atom is 0.123 e. The van der Waals surface area contributed by atoms with Crippen molar-refractivity contribution in [3.05, 3.63) is 35.9 Å². The fourth-order valence-electron chi connectivity index (χ4n) is 1.56. The van der Waals surface area contributed by atoms with Crippen molar-refractivity contribution in [2.24, 2.45) is 0 Å². The summed E-state index contributed by atoms with van der Waals surface area (Å²) in [5, 5.41) is 7.57. The van der Waals surface area contributed by atoms with Gasteiger partial charge in [0.15, 0.2) is 0 Å². The second kappa shape index (κ2) is 3.14. The van der Waals surface area contributed by atoms with E-state index >= 15 is 0 Å². The maximum absolute atomic E-state index is 5.84. The van der Waals surface area contributed by atoms with Crippen molar-refractivity contribution in [1.29, 1.82) is 0 Å². The molecule has 0 saturated heterocycles. The number of nitrogens with two attached hydrogens (primary N) is 1. The summed E-state index contributed by atoms with van der Waals surface area (Å²) in [6, 6.07) is 3.91. The number of nitrogen functional groups attached to an aromatic ring is 1. The molecular formula is C10H12N4. The van der Waals surface area contributed by atoms with Crippen LogP contribution in [-0.2, 0) is 0 Å². The van der Waals surface area contributed by atoms with Gasteiger partial charge in [0.25, 0.3) is 0 Å². The minimum atomic E-state index is 0.791. The van der Waals surface area contributed by atoms with Crippen molar-refractivity contribution in [1.82, 2.24) is 14.8 Å². The van der Waals surface area contributed by atoms with Crippen LogP contribution in [0.3, 0.4) is 0 Å². The van der Waals surface area contributed by atoms with Gasteiger partial charge in [0.05, 0.1) is 5.69 Å². The Hall–Kier alpha value is -1.84. The molecule has 0 fully saturated rings. The summed E-state index contributed by atoms with van der Waals surface area (Å²) >= 11 is 0. The highest BCUT2D eigenvalue weighted by Gasteiger charge is 2.06. The second-order valence-electron chi connectivity index (χ2n) is 3.31. The van der Waals surface area contributed by atoms with E-state index in [9.17, 15) is 0 Å². The minimum Gasteiger partial charge on any atom is -0.398 e. The van der Waals surface area contributed by atoms with Crippen molar-refractivity contribution in [2.75, 3.05) is 5.73 Å². The molecule has 14 heavy (non-hydrogen) atoms. The zero-order chi connectivity index (χ0) is 10.1. The van der Waals surface area contributed by atoms with Crippen LogP contribution in [0.15, 0.2) is 24.8 Å². The Bertz CT molecular complexity index is 445. The molecule has 2 N–H and O–H groups in total. The summed E-state index contributed by atoms with van der Waals surface area (Å²) in [7, 11) is 0. The molecule has 0 unspecified atom stereocenters. The van der Waals surface area contributed by atoms with Crippen LogP contribution < -0.4 is 5.73 Å². The van der Waals surface area contributed by atoms with Gasteiger partial charge in [-0.25, -0.2) is 0 Å². The first-order chi connectivity index (χ1) is 6.70. The van der Waals surface area contributed by atoms with Gasteiger partial charge in [0.2, 0.25) is 0 Å². The summed E-state index contributed by atoms with van der Waals surface area (Å²) in [4.78, 5) is 0. The van der Waals surface area contributed by atoms with Gasteiger partial charge in [-0.2, -0.15) is 0 Å². The Kier molecular flexibility index (Phi) is 1.96. The molecule has 0 aliphatic carbocycles. The summed E-state index contributed by atoms with van der Waals surface area (Å²) in [5.41, 5.74) is 9.92. The highest BCUT2D eigenvalue weighted by atomic mass is 15.2. The number of hydrogen-bond acceptors (Lipinski definition) is 3. The van der Waals surface area contributed by atoms with E-state index in [4.69, 9.17) is 5.73 Å². The SMILES string of the molecule is Cc1ccc(N)c(C)c1-n1cnnc1. The first-order valence-corrected chi connectivity index (χ1v) is 4.41. The van der Waals surface area contributed by atoms with Crippen LogP contribution in [0.2, 0.25) is 0 Å². The van der Waals surface area contributed by atoms with E-state index in [0.717, 1.165) is 22.5 Å². The fraction of sp³-hybridized carbons (Fsp3) is 0.200. The van der Waals surface area contributed by atoms with Gasteiger partial charge in [-0.15, -0.1) is 10.2 Å². The van der Waals surface area contributed by atoms with Gasteiger partial charge < -0.3 is 5.73 Å². The number of benzene rings is 1. The molecule has 1 aromatic heterocycles. The van der Waals surface area contributed by atoms with Gasteiger partial charge in [0, 0.05) is 5.69 Å². The molecule has 4 heteroatoms. The minimum absolute atomic E-state index is 0.791. The summed E-state index contributed by atoms with van der Waals surface area (Å²) in [6.45, 7) is 4.04. The van der Waals surface area contributed by atoms with Crippen molar-refractivity contribution in [2.45, 2.75) is 13.8 Å². The van der Waals surface area contributed by atoms with Crippen LogP contribution in [0.25, 0.3) is 5.69 Å². The van der Waals surface area contributed by atoms with Gasteiger partial charge >= 0.3 is 0 Å². The van der Waals surface area contributed by atoms with Crippen molar-refractivity contribution in [3.8, 4) is 5.69 Å². The van der Waals surface area contributed by atoms with Crippen molar-refractivity contribution >= 4 is 5.69 Å². The number of aromatic nitrogens is 3. The topological polar surface area (TPSA) is 56.7 Å². The normalized spacial score (nSPS) is 10.4. The quantitative estimate of drug-likeness (QED) is 0.689. The molecule has 0 spiro atoms. The van der Waals surface area contributed by atoms with E-state index in [0.29, 0.717) is 0 Å². The fourth-order valence-corrected chi connectivity index (χ4v) is 1.56. The first kappa shape index (κ1) is 8.74. The molecule has 2 aromatic rings. The number of rotatable bonds is 1. The predicted molar refractivity (Wildman–Crippen MR) is 55.2 cm³/mol. The van der Waals surface area contributed by atoms with E-state index in [-0.39, 0.29) is 0 Å². The molecule has 0 aliphatic heterocycles. The van der Waals surface area contributed by atoms with Gasteiger partial charge in [-0.1, -0.05) is 6.07 Å². The third kappa shape index (κ3) is 1.25. The van der Waals surface area contributed by atoms with Crippen molar-refractivity contribution in [3.63, 3.8) is 0 Å². The number of aryl methyl sites for hydroxylation is 1. The zero-order valence-electron chi connectivity index (χ0n) is 8.23. The summed E-state index contributed by atoms with van der Waals surface area (Å²) in [6.07, 6.45) is 3.35. The lowest BCUT2D eigenvalue weighted by atomic mass is 10.1. The molecule has 0 radical (unpaired) electrons. The molecule has 4 nitrogen and oxygen atoms in total. The first-order valence-electron chi connectivity index (χ1n) is 4.41. The predicted octanol–water partition coefficient (Wildman–Crippen LogP) is 1.47. The Morgan fingerprint density at radius 3 is 2.43 bits per heavy atom. The van der Waals surface area contributed by atoms with E-state index < -0.39 is 0 Å². The highest BCUT2D eigenvalue weighted by Crippen LogP contribution is 2.23. The number of anilines is 1. The monoisotopic (exact) mass is 188 g/mol. The Morgan fingerprint density at radius 2 is 1.79 bits per heavy atom. The van der Waals surface area contributed by atoms with E-state index in [2.05, 4.69) is 10.2 Å². The van der Waals surface area contributed by atoms with Crippen LogP contribution in [0, 0.1) is 13.8 Å². The molecule has 1 heterocycles. The zero-order valence-corrected chi connectivity index (χ0v) is 8.23. The number of nitrogens with zero attached hydrogens (tertiary/aromatic N) is 3. The molecule has 0 atom stereocenters. The molecular weight excluding hydrogens is 176 g/mol. The Labute approximate surface area is 82.4 Å². The van der Waals surface area contributed by atoms with Gasteiger partial charge in [-0.3, -0.25) is 4.57 Å². The average Bonchev–Trinajstić information content (AvgIpc) is 2.65. The van der Waals surface area contributed by atoms with Crippen molar-refractivity contribution < 1.29 is 0 Å². The third-order valence-electron chi connectivity index (χ3n) is 2.35. The molecule has 0 bridgehead atoms. The summed E-state index contributed by atoms with van der Waals surface area (Å²) in [5.74, 6) is 0. The average molecular weight is 188 g/mol. The Balaban J connectivity index is 2.69. The van der Waals surface area contributed by atoms with Crippen LogP contribution >= 0.6 is 0 Å². The van der Waals surface area contributed by atoms with Crippen LogP contribution in [0.5, 0.6) is 0 Å². The molecule has 72 valence electrons. The third-order valence-corrected chi connectivity index (χ3v) is 2.35. The van der Waals surface area contributed by atoms with E-state index in [1.807, 2.05) is 30.5 Å². The summed E-state index contributed by atoms with van der Waals surface area (Å²) < 4.78 is 1.88. The molecule has 1 aromatic carbocycles. The standard InChI is InChI=1S/C10H12N4/c1-7-3-4-9(11)8(2)10(7)14-5-12-13-6-14/h3-6H,11H2,1-2H3. The van der Waals surface area contributed by atoms with E-state index in [1.54, 1.807) is 12.7 Å². The Morgan fingerprint density at radius 1 is 1.14 bits per heavy atom. The lowest BCUT2D eigenvalue weighted by molar-refractivity contribution is 1.02. The van der Waals surface area contributed by atoms with Crippen LogP contribution in [0.1, 0.15) is 11.1 Å². The maximum atomic E-state index is 5.84. The van der Waals surface area contributed by atoms with Crippen LogP contribution in [-0.4, -0.2) is 14.8 Å². The van der Waals surface area contributed by atoms with Crippen LogP contribution in [0.4, 0.5) is 5.69 Å². The molecule has 0 saturated carbocycles. The lowest BCUT2D eigenvalue weighted by Gasteiger charge is -2.11. The smallest absolute Gasteiger partial charge is 0.123 e. The number of hydrogen-bond donors (Lipinski definition) is 1. The molecule has 0 aliphatic rings.